The molecule has 1 heterocycles. The number of anilines is 1. The topological polar surface area (TPSA) is 51.1 Å². The molecule has 1 aromatic carbocycles. The van der Waals surface area contributed by atoms with E-state index in [2.05, 4.69) is 22.8 Å². The van der Waals surface area contributed by atoms with Crippen molar-refractivity contribution in [1.29, 1.82) is 0 Å². The predicted octanol–water partition coefficient (Wildman–Crippen LogP) is 0.521. The highest BCUT2D eigenvalue weighted by molar-refractivity contribution is 5.52. The second kappa shape index (κ2) is 3.98. The Labute approximate surface area is 84.1 Å². The lowest BCUT2D eigenvalue weighted by Crippen LogP contribution is -2.41. The van der Waals surface area contributed by atoms with Gasteiger partial charge in [-0.3, -0.25) is 0 Å². The fourth-order valence-corrected chi connectivity index (χ4v) is 1.88. The normalized spacial score (nSPS) is 18.6. The van der Waals surface area contributed by atoms with Gasteiger partial charge in [0, 0.05) is 24.8 Å². The van der Waals surface area contributed by atoms with Gasteiger partial charge < -0.3 is 15.7 Å². The number of piperidine rings is 1. The molecule has 76 valence electrons. The molecule has 1 aliphatic heterocycles. The summed E-state index contributed by atoms with van der Waals surface area (Å²) in [6.07, 6.45) is 1.65. The van der Waals surface area contributed by atoms with Gasteiger partial charge in [-0.25, -0.2) is 0 Å². The molecule has 2 rings (SSSR count). The van der Waals surface area contributed by atoms with Gasteiger partial charge in [0.1, 0.15) is 5.69 Å². The van der Waals surface area contributed by atoms with Crippen molar-refractivity contribution in [3.8, 4) is 0 Å². The molecule has 0 amide bonds. The molecule has 3 heteroatoms. The van der Waals surface area contributed by atoms with E-state index >= 15 is 0 Å². The maximum Gasteiger partial charge on any atom is 0.130 e. The molecule has 1 aliphatic rings. The highest BCUT2D eigenvalue weighted by Gasteiger charge is 2.17. The smallest absolute Gasteiger partial charge is 0.130 e. The molecule has 0 atom stereocenters. The first kappa shape index (κ1) is 9.49. The number of hydrogen-bond donors (Lipinski definition) is 2. The van der Waals surface area contributed by atoms with E-state index in [1.54, 1.807) is 0 Å². The zero-order chi connectivity index (χ0) is 9.97. The highest BCUT2D eigenvalue weighted by atomic mass is 16.3. The summed E-state index contributed by atoms with van der Waals surface area (Å²) in [5, 5.41) is 9.39. The number of hydrogen-bond acceptors (Lipinski definition) is 2. The van der Waals surface area contributed by atoms with Gasteiger partial charge in [-0.1, -0.05) is 6.07 Å². The molecular formula is C11H17N2O+. The van der Waals surface area contributed by atoms with Crippen LogP contribution in [0.5, 0.6) is 0 Å². The van der Waals surface area contributed by atoms with Crippen LogP contribution < -0.4 is 10.6 Å². The van der Waals surface area contributed by atoms with Crippen molar-refractivity contribution in [2.75, 3.05) is 18.0 Å². The van der Waals surface area contributed by atoms with Crippen LogP contribution >= 0.6 is 0 Å². The number of nitrogens with zero attached hydrogens (tertiary/aromatic N) is 1. The highest BCUT2D eigenvalue weighted by Crippen LogP contribution is 2.21. The molecule has 1 saturated heterocycles. The van der Waals surface area contributed by atoms with E-state index in [0.717, 1.165) is 31.6 Å². The SMILES string of the molecule is [NH3+]c1cccc(N2CCC(O)CC2)c1. The standard InChI is InChI=1S/C11H16N2O/c12-9-2-1-3-10(8-9)13-6-4-11(14)5-7-13/h1-3,8,11,14H,4-7,12H2/p+1. The Morgan fingerprint density at radius 2 is 2.00 bits per heavy atom. The predicted molar refractivity (Wildman–Crippen MR) is 56.4 cm³/mol. The number of rotatable bonds is 1. The Morgan fingerprint density at radius 1 is 1.29 bits per heavy atom. The maximum atomic E-state index is 9.39. The zero-order valence-corrected chi connectivity index (χ0v) is 8.32. The number of aliphatic hydroxyl groups is 1. The molecule has 0 spiro atoms. The minimum absolute atomic E-state index is 0.103. The Kier molecular flexibility index (Phi) is 2.70. The van der Waals surface area contributed by atoms with Gasteiger partial charge in [0.05, 0.1) is 6.10 Å². The summed E-state index contributed by atoms with van der Waals surface area (Å²) in [5.74, 6) is 0. The van der Waals surface area contributed by atoms with E-state index in [-0.39, 0.29) is 6.10 Å². The van der Waals surface area contributed by atoms with Gasteiger partial charge in [-0.05, 0) is 25.0 Å². The first-order valence-electron chi connectivity index (χ1n) is 5.11. The van der Waals surface area contributed by atoms with Crippen LogP contribution in [0.2, 0.25) is 0 Å². The number of aliphatic hydroxyl groups excluding tert-OH is 1. The monoisotopic (exact) mass is 193 g/mol. The largest absolute Gasteiger partial charge is 0.393 e. The lowest BCUT2D eigenvalue weighted by molar-refractivity contribution is -0.254. The van der Waals surface area contributed by atoms with Crippen LogP contribution in [0.3, 0.4) is 0 Å². The summed E-state index contributed by atoms with van der Waals surface area (Å²) in [7, 11) is 0. The van der Waals surface area contributed by atoms with Crippen molar-refractivity contribution in [3.05, 3.63) is 24.3 Å². The summed E-state index contributed by atoms with van der Waals surface area (Å²) in [6, 6.07) is 8.23. The van der Waals surface area contributed by atoms with Gasteiger partial charge in [-0.15, -0.1) is 0 Å². The minimum atomic E-state index is -0.103. The Hall–Kier alpha value is -1.06. The molecule has 0 aliphatic carbocycles. The van der Waals surface area contributed by atoms with Crippen molar-refractivity contribution in [2.24, 2.45) is 0 Å². The fourth-order valence-electron chi connectivity index (χ4n) is 1.88. The molecule has 1 fully saturated rings. The molecule has 0 radical (unpaired) electrons. The minimum Gasteiger partial charge on any atom is -0.393 e. The van der Waals surface area contributed by atoms with Crippen LogP contribution in [0.1, 0.15) is 12.8 Å². The third-order valence-corrected chi connectivity index (χ3v) is 2.74. The maximum absolute atomic E-state index is 9.39. The Bertz CT molecular complexity index is 306. The molecule has 1 aromatic rings. The van der Waals surface area contributed by atoms with Crippen LogP contribution in [0.4, 0.5) is 11.4 Å². The zero-order valence-electron chi connectivity index (χ0n) is 8.32. The summed E-state index contributed by atoms with van der Waals surface area (Å²) < 4.78 is 0. The molecule has 0 unspecified atom stereocenters. The molecule has 4 N–H and O–H groups in total. The van der Waals surface area contributed by atoms with Crippen LogP contribution in [0, 0.1) is 0 Å². The summed E-state index contributed by atoms with van der Waals surface area (Å²) in [4.78, 5) is 2.31. The fraction of sp³-hybridized carbons (Fsp3) is 0.455. The van der Waals surface area contributed by atoms with E-state index in [0.29, 0.717) is 0 Å². The second-order valence-corrected chi connectivity index (χ2v) is 3.89. The average molecular weight is 193 g/mol. The van der Waals surface area contributed by atoms with Crippen LogP contribution in [0.15, 0.2) is 24.3 Å². The van der Waals surface area contributed by atoms with Crippen LogP contribution in [-0.4, -0.2) is 24.3 Å². The van der Waals surface area contributed by atoms with Crippen molar-refractivity contribution in [2.45, 2.75) is 18.9 Å². The van der Waals surface area contributed by atoms with E-state index in [9.17, 15) is 5.11 Å². The van der Waals surface area contributed by atoms with Gasteiger partial charge in [0.15, 0.2) is 0 Å². The molecule has 3 nitrogen and oxygen atoms in total. The van der Waals surface area contributed by atoms with E-state index in [1.165, 1.54) is 5.69 Å². The summed E-state index contributed by atoms with van der Waals surface area (Å²) in [6.45, 7) is 1.90. The third kappa shape index (κ3) is 2.05. The quantitative estimate of drug-likeness (QED) is 0.683. The first-order chi connectivity index (χ1) is 6.75. The summed E-state index contributed by atoms with van der Waals surface area (Å²) in [5.41, 5.74) is 6.19. The second-order valence-electron chi connectivity index (χ2n) is 3.89. The van der Waals surface area contributed by atoms with Gasteiger partial charge >= 0.3 is 0 Å². The molecule has 14 heavy (non-hydrogen) atoms. The molecule has 0 saturated carbocycles. The van der Waals surface area contributed by atoms with Crippen molar-refractivity contribution < 1.29 is 10.8 Å². The van der Waals surface area contributed by atoms with E-state index < -0.39 is 0 Å². The lowest BCUT2D eigenvalue weighted by atomic mass is 10.1. The van der Waals surface area contributed by atoms with Crippen molar-refractivity contribution in [1.82, 2.24) is 0 Å². The van der Waals surface area contributed by atoms with Crippen LogP contribution in [0.25, 0.3) is 0 Å². The van der Waals surface area contributed by atoms with Gasteiger partial charge in [0.25, 0.3) is 0 Å². The average Bonchev–Trinajstić information content (AvgIpc) is 2.19. The number of quaternary nitrogens is 1. The van der Waals surface area contributed by atoms with Crippen molar-refractivity contribution >= 4 is 11.4 Å². The van der Waals surface area contributed by atoms with Gasteiger partial charge in [-0.2, -0.15) is 0 Å². The number of benzene rings is 1. The summed E-state index contributed by atoms with van der Waals surface area (Å²) >= 11 is 0. The third-order valence-electron chi connectivity index (χ3n) is 2.74. The lowest BCUT2D eigenvalue weighted by Gasteiger charge is -2.31. The molecule has 0 bridgehead atoms. The molecular weight excluding hydrogens is 176 g/mol. The Balaban J connectivity index is 2.08. The Morgan fingerprint density at radius 3 is 2.64 bits per heavy atom. The van der Waals surface area contributed by atoms with E-state index in [4.69, 9.17) is 0 Å². The van der Waals surface area contributed by atoms with Gasteiger partial charge in [0.2, 0.25) is 0 Å². The van der Waals surface area contributed by atoms with E-state index in [1.807, 2.05) is 12.1 Å². The van der Waals surface area contributed by atoms with Crippen molar-refractivity contribution in [3.63, 3.8) is 0 Å². The molecule has 0 aromatic heterocycles. The first-order valence-corrected chi connectivity index (χ1v) is 5.11. The van der Waals surface area contributed by atoms with Crippen LogP contribution in [-0.2, 0) is 0 Å².